The highest BCUT2D eigenvalue weighted by molar-refractivity contribution is 6.01. The molecule has 22 heavy (non-hydrogen) atoms. The van der Waals surface area contributed by atoms with Gasteiger partial charge in [-0.3, -0.25) is 9.59 Å². The Morgan fingerprint density at radius 2 is 2.09 bits per heavy atom. The summed E-state index contributed by atoms with van der Waals surface area (Å²) in [5.41, 5.74) is 7.73. The average molecular weight is 301 g/mol. The molecular weight excluding hydrogens is 278 g/mol. The predicted octanol–water partition coefficient (Wildman–Crippen LogP) is 1.70. The maximum Gasteiger partial charge on any atom is 0.230 e. The predicted molar refractivity (Wildman–Crippen MR) is 85.4 cm³/mol. The van der Waals surface area contributed by atoms with E-state index in [4.69, 9.17) is 5.73 Å². The fourth-order valence-electron chi connectivity index (χ4n) is 3.41. The Bertz CT molecular complexity index is 612. The van der Waals surface area contributed by atoms with Gasteiger partial charge in [-0.15, -0.1) is 0 Å². The Labute approximate surface area is 130 Å². The Balaban J connectivity index is 1.85. The molecule has 0 aliphatic carbocycles. The van der Waals surface area contributed by atoms with Crippen LogP contribution in [0.25, 0.3) is 0 Å². The maximum atomic E-state index is 13.0. The van der Waals surface area contributed by atoms with Crippen molar-refractivity contribution in [2.75, 3.05) is 18.4 Å². The van der Waals surface area contributed by atoms with Crippen LogP contribution in [-0.4, -0.2) is 35.8 Å². The van der Waals surface area contributed by atoms with Crippen molar-refractivity contribution in [3.63, 3.8) is 0 Å². The second-order valence-corrected chi connectivity index (χ2v) is 7.04. The van der Waals surface area contributed by atoms with E-state index in [9.17, 15) is 9.59 Å². The molecule has 0 aromatic heterocycles. The third-order valence-corrected chi connectivity index (χ3v) is 4.92. The van der Waals surface area contributed by atoms with Crippen molar-refractivity contribution in [3.8, 4) is 0 Å². The fourth-order valence-corrected chi connectivity index (χ4v) is 3.41. The molecule has 1 fully saturated rings. The van der Waals surface area contributed by atoms with Gasteiger partial charge in [-0.1, -0.05) is 32.0 Å². The Hall–Kier alpha value is -1.88. The summed E-state index contributed by atoms with van der Waals surface area (Å²) < 4.78 is 0. The second-order valence-electron chi connectivity index (χ2n) is 7.04. The van der Waals surface area contributed by atoms with Gasteiger partial charge >= 0.3 is 0 Å². The van der Waals surface area contributed by atoms with Gasteiger partial charge in [-0.05, 0) is 23.5 Å². The van der Waals surface area contributed by atoms with E-state index in [2.05, 4.69) is 19.2 Å². The lowest BCUT2D eigenvalue weighted by Crippen LogP contribution is -2.55. The van der Waals surface area contributed by atoms with Gasteiger partial charge < -0.3 is 16.0 Å². The first-order valence-corrected chi connectivity index (χ1v) is 7.81. The molecule has 2 aliphatic heterocycles. The number of fused-ring (bicyclic) bond motifs is 1. The van der Waals surface area contributed by atoms with Crippen LogP contribution in [0, 0.1) is 5.41 Å². The number of hydrogen-bond donors (Lipinski definition) is 2. The van der Waals surface area contributed by atoms with E-state index < -0.39 is 0 Å². The highest BCUT2D eigenvalue weighted by Gasteiger charge is 2.39. The number of nitrogens with one attached hydrogen (secondary N) is 1. The fraction of sp³-hybridized carbons (Fsp3) is 0.529. The largest absolute Gasteiger partial charge is 0.342 e. The maximum absolute atomic E-state index is 13.0. The number of nitrogens with two attached hydrogens (primary N) is 1. The van der Waals surface area contributed by atoms with E-state index in [1.54, 1.807) is 0 Å². The summed E-state index contributed by atoms with van der Waals surface area (Å²) in [6.07, 6.45) is 1.03. The normalized spacial score (nSPS) is 27.0. The number of hydrogen-bond acceptors (Lipinski definition) is 3. The number of rotatable bonds is 1. The molecule has 2 atom stereocenters. The second kappa shape index (κ2) is 5.39. The average Bonchev–Trinajstić information content (AvgIpc) is 2.48. The number of carbonyl (C=O) groups excluding carboxylic acids is 2. The minimum Gasteiger partial charge on any atom is -0.342 e. The molecular formula is C17H23N3O2. The van der Waals surface area contributed by atoms with Gasteiger partial charge in [0, 0.05) is 31.2 Å². The van der Waals surface area contributed by atoms with E-state index in [0.29, 0.717) is 13.1 Å². The molecule has 0 spiro atoms. The van der Waals surface area contributed by atoms with E-state index in [1.165, 1.54) is 0 Å². The topological polar surface area (TPSA) is 75.4 Å². The molecule has 118 valence electrons. The number of carbonyl (C=O) groups is 2. The minimum absolute atomic E-state index is 0.0438. The van der Waals surface area contributed by atoms with E-state index >= 15 is 0 Å². The van der Waals surface area contributed by atoms with Crippen LogP contribution in [-0.2, 0) is 9.59 Å². The number of nitrogens with zero attached hydrogens (tertiary/aromatic N) is 1. The van der Waals surface area contributed by atoms with Gasteiger partial charge in [-0.2, -0.15) is 0 Å². The monoisotopic (exact) mass is 301 g/mol. The van der Waals surface area contributed by atoms with Crippen molar-refractivity contribution < 1.29 is 9.59 Å². The smallest absolute Gasteiger partial charge is 0.230 e. The Morgan fingerprint density at radius 1 is 1.36 bits per heavy atom. The van der Waals surface area contributed by atoms with Crippen molar-refractivity contribution in [1.82, 2.24) is 4.90 Å². The Kier molecular flexibility index (Phi) is 3.68. The summed E-state index contributed by atoms with van der Waals surface area (Å²) in [5, 5.41) is 2.84. The van der Waals surface area contributed by atoms with Crippen LogP contribution in [0.15, 0.2) is 24.3 Å². The lowest BCUT2D eigenvalue weighted by molar-refractivity contribution is -0.138. The number of anilines is 1. The molecule has 0 bridgehead atoms. The SMILES string of the molecule is CC1(C)CN(C(=O)C2CC(=O)Nc3ccccc32)CCC1N. The summed E-state index contributed by atoms with van der Waals surface area (Å²) in [7, 11) is 0. The standard InChI is InChI=1S/C17H23N3O2/c1-17(2)10-20(8-7-14(17)18)16(22)12-9-15(21)19-13-6-4-3-5-11(12)13/h3-6,12,14H,7-10,18H2,1-2H3,(H,19,21). The first-order chi connectivity index (χ1) is 10.4. The summed E-state index contributed by atoms with van der Waals surface area (Å²) in [5.74, 6) is -0.428. The van der Waals surface area contributed by atoms with E-state index in [-0.39, 0.29) is 35.6 Å². The number of para-hydroxylation sites is 1. The van der Waals surface area contributed by atoms with Crippen LogP contribution < -0.4 is 11.1 Å². The van der Waals surface area contributed by atoms with Crippen LogP contribution in [0.5, 0.6) is 0 Å². The Morgan fingerprint density at radius 3 is 2.82 bits per heavy atom. The number of likely N-dealkylation sites (tertiary alicyclic amines) is 1. The molecule has 5 heteroatoms. The van der Waals surface area contributed by atoms with Gasteiger partial charge in [0.05, 0.1) is 5.92 Å². The summed E-state index contributed by atoms with van der Waals surface area (Å²) in [4.78, 5) is 26.7. The van der Waals surface area contributed by atoms with Gasteiger partial charge in [0.1, 0.15) is 0 Å². The van der Waals surface area contributed by atoms with Gasteiger partial charge in [0.15, 0.2) is 0 Å². The molecule has 2 unspecified atom stereocenters. The first-order valence-electron chi connectivity index (χ1n) is 7.81. The third kappa shape index (κ3) is 2.61. The number of piperidine rings is 1. The summed E-state index contributed by atoms with van der Waals surface area (Å²) in [6.45, 7) is 5.51. The van der Waals surface area contributed by atoms with Crippen LogP contribution in [0.1, 0.15) is 38.2 Å². The van der Waals surface area contributed by atoms with Crippen molar-refractivity contribution in [3.05, 3.63) is 29.8 Å². The number of amides is 2. The van der Waals surface area contributed by atoms with Crippen molar-refractivity contribution in [1.29, 1.82) is 0 Å². The highest BCUT2D eigenvalue weighted by atomic mass is 16.2. The van der Waals surface area contributed by atoms with Gasteiger partial charge in [0.25, 0.3) is 0 Å². The van der Waals surface area contributed by atoms with Crippen LogP contribution in [0.4, 0.5) is 5.69 Å². The minimum atomic E-state index is -0.380. The number of benzene rings is 1. The van der Waals surface area contributed by atoms with Gasteiger partial charge in [0.2, 0.25) is 11.8 Å². The molecule has 5 nitrogen and oxygen atoms in total. The van der Waals surface area contributed by atoms with Crippen molar-refractivity contribution in [2.45, 2.75) is 38.6 Å². The molecule has 2 amide bonds. The van der Waals surface area contributed by atoms with Crippen LogP contribution in [0.3, 0.4) is 0 Å². The van der Waals surface area contributed by atoms with Crippen molar-refractivity contribution >= 4 is 17.5 Å². The molecule has 3 N–H and O–H groups in total. The zero-order valence-electron chi connectivity index (χ0n) is 13.1. The van der Waals surface area contributed by atoms with Crippen LogP contribution in [0.2, 0.25) is 0 Å². The van der Waals surface area contributed by atoms with Crippen molar-refractivity contribution in [2.24, 2.45) is 11.1 Å². The van der Waals surface area contributed by atoms with Crippen LogP contribution >= 0.6 is 0 Å². The van der Waals surface area contributed by atoms with E-state index in [1.807, 2.05) is 29.2 Å². The molecule has 0 radical (unpaired) electrons. The molecule has 1 saturated heterocycles. The highest BCUT2D eigenvalue weighted by Crippen LogP contribution is 2.35. The molecule has 2 heterocycles. The molecule has 1 aromatic rings. The molecule has 1 aromatic carbocycles. The zero-order chi connectivity index (χ0) is 15.9. The lowest BCUT2D eigenvalue weighted by atomic mass is 9.79. The molecule has 0 saturated carbocycles. The van der Waals surface area contributed by atoms with Gasteiger partial charge in [-0.25, -0.2) is 0 Å². The van der Waals surface area contributed by atoms with E-state index in [0.717, 1.165) is 17.7 Å². The summed E-state index contributed by atoms with van der Waals surface area (Å²) >= 11 is 0. The molecule has 3 rings (SSSR count). The first kappa shape index (κ1) is 15.0. The quantitative estimate of drug-likeness (QED) is 0.829. The third-order valence-electron chi connectivity index (χ3n) is 4.92. The summed E-state index contributed by atoms with van der Waals surface area (Å²) in [6, 6.07) is 7.67. The molecule has 2 aliphatic rings. The zero-order valence-corrected chi connectivity index (χ0v) is 13.1. The lowest BCUT2D eigenvalue weighted by Gasteiger charge is -2.44.